The molecule has 1 atom stereocenters. The lowest BCUT2D eigenvalue weighted by molar-refractivity contribution is 0.321. The maximum Gasteiger partial charge on any atom is 0.191 e. The highest BCUT2D eigenvalue weighted by molar-refractivity contribution is 7.90. The highest BCUT2D eigenvalue weighted by Gasteiger charge is 2.20. The molecule has 2 N–H and O–H groups in total. The summed E-state index contributed by atoms with van der Waals surface area (Å²) < 4.78 is 28.7. The number of aliphatic imine (C=N–C) groups is 1. The number of para-hydroxylation sites is 1. The first-order valence-corrected chi connectivity index (χ1v) is 12.0. The Balaban J connectivity index is 1.42. The van der Waals surface area contributed by atoms with Crippen molar-refractivity contribution < 1.29 is 13.2 Å². The summed E-state index contributed by atoms with van der Waals surface area (Å²) in [7, 11) is -1.43. The maximum absolute atomic E-state index is 11.5. The van der Waals surface area contributed by atoms with E-state index in [1.807, 2.05) is 6.07 Å². The zero-order valence-electron chi connectivity index (χ0n) is 17.5. The van der Waals surface area contributed by atoms with Crippen molar-refractivity contribution in [2.45, 2.75) is 23.8 Å². The average molecular weight is 431 g/mol. The largest absolute Gasteiger partial charge is 0.492 e. The molecule has 1 saturated heterocycles. The van der Waals surface area contributed by atoms with Gasteiger partial charge in [0.2, 0.25) is 0 Å². The molecule has 0 spiro atoms. The molecule has 0 aliphatic carbocycles. The van der Waals surface area contributed by atoms with Crippen LogP contribution in [-0.2, 0) is 9.84 Å². The van der Waals surface area contributed by atoms with Gasteiger partial charge in [-0.05, 0) is 49.2 Å². The van der Waals surface area contributed by atoms with Gasteiger partial charge in [0, 0.05) is 38.1 Å². The van der Waals surface area contributed by atoms with E-state index in [9.17, 15) is 8.42 Å². The molecule has 162 valence electrons. The van der Waals surface area contributed by atoms with Crippen LogP contribution < -0.4 is 20.3 Å². The van der Waals surface area contributed by atoms with E-state index in [-0.39, 0.29) is 4.90 Å². The summed E-state index contributed by atoms with van der Waals surface area (Å²) in [6.07, 6.45) is 3.43. The van der Waals surface area contributed by atoms with Crippen molar-refractivity contribution in [2.24, 2.45) is 4.99 Å². The lowest BCUT2D eigenvalue weighted by Gasteiger charge is -2.35. The van der Waals surface area contributed by atoms with Gasteiger partial charge in [-0.1, -0.05) is 18.2 Å². The minimum absolute atomic E-state index is 0.287. The van der Waals surface area contributed by atoms with Crippen LogP contribution in [0, 0.1) is 0 Å². The number of piperidine rings is 1. The van der Waals surface area contributed by atoms with Gasteiger partial charge in [-0.25, -0.2) is 8.42 Å². The second kappa shape index (κ2) is 10.3. The van der Waals surface area contributed by atoms with Crippen molar-refractivity contribution in [2.75, 3.05) is 44.4 Å². The molecule has 0 saturated carbocycles. The van der Waals surface area contributed by atoms with Gasteiger partial charge in [-0.3, -0.25) is 4.99 Å². The summed E-state index contributed by atoms with van der Waals surface area (Å²) in [5.74, 6) is 1.39. The van der Waals surface area contributed by atoms with Crippen LogP contribution in [0.2, 0.25) is 0 Å². The molecule has 1 aliphatic heterocycles. The van der Waals surface area contributed by atoms with Gasteiger partial charge < -0.3 is 20.3 Å². The molecule has 0 bridgehead atoms. The van der Waals surface area contributed by atoms with Crippen molar-refractivity contribution in [1.29, 1.82) is 0 Å². The highest BCUT2D eigenvalue weighted by Crippen LogP contribution is 2.19. The normalized spacial score (nSPS) is 17.5. The van der Waals surface area contributed by atoms with Crippen LogP contribution in [-0.4, -0.2) is 60.0 Å². The number of nitrogens with zero attached hydrogens (tertiary/aromatic N) is 2. The molecule has 7 nitrogen and oxygen atoms in total. The van der Waals surface area contributed by atoms with Crippen LogP contribution in [0.15, 0.2) is 64.5 Å². The first kappa shape index (κ1) is 22.0. The third-order valence-corrected chi connectivity index (χ3v) is 6.15. The van der Waals surface area contributed by atoms with Gasteiger partial charge in [0.15, 0.2) is 15.8 Å². The highest BCUT2D eigenvalue weighted by atomic mass is 32.2. The van der Waals surface area contributed by atoms with Crippen molar-refractivity contribution >= 4 is 21.5 Å². The summed E-state index contributed by atoms with van der Waals surface area (Å²) >= 11 is 0. The van der Waals surface area contributed by atoms with E-state index in [4.69, 9.17) is 4.74 Å². The smallest absolute Gasteiger partial charge is 0.191 e. The lowest BCUT2D eigenvalue weighted by atomic mass is 10.1. The quantitative estimate of drug-likeness (QED) is 0.398. The first-order chi connectivity index (χ1) is 14.5. The van der Waals surface area contributed by atoms with Gasteiger partial charge >= 0.3 is 0 Å². The number of nitrogens with one attached hydrogen (secondary N) is 2. The van der Waals surface area contributed by atoms with Crippen LogP contribution >= 0.6 is 0 Å². The Kier molecular flexibility index (Phi) is 7.57. The Morgan fingerprint density at radius 2 is 1.90 bits per heavy atom. The summed E-state index contributed by atoms with van der Waals surface area (Å²) in [5, 5.41) is 6.78. The standard InChI is InChI=1S/C22H30N4O3S/c1-23-22(24-14-16-29-20-10-12-21(13-11-20)30(2,27)28)25-18-7-6-15-26(17-18)19-8-4-3-5-9-19/h3-5,8-13,18H,6-7,14-17H2,1-2H3,(H2,23,24,25). The Hall–Kier alpha value is -2.74. The fourth-order valence-electron chi connectivity index (χ4n) is 3.48. The van der Waals surface area contributed by atoms with Gasteiger partial charge in [-0.15, -0.1) is 0 Å². The minimum Gasteiger partial charge on any atom is -0.492 e. The first-order valence-electron chi connectivity index (χ1n) is 10.2. The Labute approximate surface area is 179 Å². The zero-order chi connectivity index (χ0) is 21.4. The molecule has 2 aromatic rings. The second-order valence-corrected chi connectivity index (χ2v) is 9.37. The van der Waals surface area contributed by atoms with E-state index >= 15 is 0 Å². The molecule has 2 aromatic carbocycles. The van der Waals surface area contributed by atoms with Gasteiger partial charge in [0.05, 0.1) is 11.4 Å². The van der Waals surface area contributed by atoms with Crippen LogP contribution in [0.5, 0.6) is 5.75 Å². The third kappa shape index (κ3) is 6.38. The van der Waals surface area contributed by atoms with E-state index in [1.54, 1.807) is 31.3 Å². The predicted molar refractivity (Wildman–Crippen MR) is 121 cm³/mol. The van der Waals surface area contributed by atoms with Gasteiger partial charge in [0.25, 0.3) is 0 Å². The molecule has 8 heteroatoms. The van der Waals surface area contributed by atoms with Gasteiger partial charge in [0.1, 0.15) is 12.4 Å². The molecule has 30 heavy (non-hydrogen) atoms. The van der Waals surface area contributed by atoms with Crippen LogP contribution in [0.4, 0.5) is 5.69 Å². The Bertz CT molecular complexity index is 931. The third-order valence-electron chi connectivity index (χ3n) is 5.02. The van der Waals surface area contributed by atoms with Crippen molar-refractivity contribution in [3.05, 3.63) is 54.6 Å². The summed E-state index contributed by atoms with van der Waals surface area (Å²) in [5.41, 5.74) is 1.25. The molecule has 0 radical (unpaired) electrons. The Morgan fingerprint density at radius 3 is 2.57 bits per heavy atom. The number of hydrogen-bond acceptors (Lipinski definition) is 5. The number of sulfone groups is 1. The summed E-state index contributed by atoms with van der Waals surface area (Å²) in [6.45, 7) is 3.04. The molecular formula is C22H30N4O3S. The predicted octanol–water partition coefficient (Wildman–Crippen LogP) is 2.30. The summed E-state index contributed by atoms with van der Waals surface area (Å²) in [4.78, 5) is 7.00. The Morgan fingerprint density at radius 1 is 1.17 bits per heavy atom. The van der Waals surface area contributed by atoms with E-state index in [0.29, 0.717) is 24.9 Å². The van der Waals surface area contributed by atoms with Crippen LogP contribution in [0.25, 0.3) is 0 Å². The average Bonchev–Trinajstić information content (AvgIpc) is 2.76. The van der Waals surface area contributed by atoms with Crippen LogP contribution in [0.3, 0.4) is 0 Å². The molecular weight excluding hydrogens is 400 g/mol. The monoisotopic (exact) mass is 430 g/mol. The van der Waals surface area contributed by atoms with Crippen LogP contribution in [0.1, 0.15) is 12.8 Å². The molecule has 1 fully saturated rings. The van der Waals surface area contributed by atoms with Crippen molar-refractivity contribution in [3.8, 4) is 5.75 Å². The number of guanidine groups is 1. The maximum atomic E-state index is 11.5. The molecule has 1 unspecified atom stereocenters. The fraction of sp³-hybridized carbons (Fsp3) is 0.409. The number of ether oxygens (including phenoxy) is 1. The molecule has 1 aliphatic rings. The number of anilines is 1. The van der Waals surface area contributed by atoms with E-state index in [1.165, 1.54) is 11.9 Å². The van der Waals surface area contributed by atoms with Gasteiger partial charge in [-0.2, -0.15) is 0 Å². The second-order valence-electron chi connectivity index (χ2n) is 7.36. The summed E-state index contributed by atoms with van der Waals surface area (Å²) in [6, 6.07) is 17.3. The zero-order valence-corrected chi connectivity index (χ0v) is 18.4. The molecule has 0 aromatic heterocycles. The molecule has 1 heterocycles. The minimum atomic E-state index is -3.19. The van der Waals surface area contributed by atoms with Crippen molar-refractivity contribution in [1.82, 2.24) is 10.6 Å². The van der Waals surface area contributed by atoms with E-state index < -0.39 is 9.84 Å². The number of benzene rings is 2. The lowest BCUT2D eigenvalue weighted by Crippen LogP contribution is -2.51. The molecule has 3 rings (SSSR count). The number of rotatable bonds is 7. The molecule has 0 amide bonds. The fourth-order valence-corrected chi connectivity index (χ4v) is 4.11. The van der Waals surface area contributed by atoms with E-state index in [2.05, 4.69) is 44.8 Å². The number of hydrogen-bond donors (Lipinski definition) is 2. The SMILES string of the molecule is CN=C(NCCOc1ccc(S(C)(=O)=O)cc1)NC1CCCN(c2ccccc2)C1. The van der Waals surface area contributed by atoms with E-state index in [0.717, 1.165) is 31.9 Å². The van der Waals surface area contributed by atoms with Crippen molar-refractivity contribution in [3.63, 3.8) is 0 Å². The topological polar surface area (TPSA) is 83.0 Å².